The van der Waals surface area contributed by atoms with E-state index in [2.05, 4.69) is 4.98 Å². The molecule has 7 nitrogen and oxygen atoms in total. The second-order valence-corrected chi connectivity index (χ2v) is 12.4. The van der Waals surface area contributed by atoms with Gasteiger partial charge in [0.05, 0.1) is 22.9 Å². The molecule has 2 aromatic heterocycles. The lowest BCUT2D eigenvalue weighted by molar-refractivity contribution is 0.0520. The predicted molar refractivity (Wildman–Crippen MR) is 162 cm³/mol. The molecule has 1 aliphatic carbocycles. The van der Waals surface area contributed by atoms with E-state index in [4.69, 9.17) is 15.0 Å². The first-order valence-corrected chi connectivity index (χ1v) is 16.0. The number of carbonyl (C=O) groups excluding carboxylic acids is 1. The minimum atomic E-state index is -1.84. The van der Waals surface area contributed by atoms with Crippen molar-refractivity contribution in [1.29, 1.82) is 0 Å². The summed E-state index contributed by atoms with van der Waals surface area (Å²) in [5, 5.41) is 12.3. The molecule has 5 aromatic rings. The molecule has 0 spiro atoms. The standard InChI is InChI=1S/C32H27F3N4O3S2/c1-2-42-31(40)29-17-43-32(37-29)39-30(21-9-11-26(34)24(15-21)19-4-3-5-22(33)13-19)25(28(38-39)12-18-6-7-18)14-20-8-10-23(44(36)41)16-27(20)35/h3-5,8-11,13,15-18H,2,6-7,12,14,36H2,1H3. The predicted octanol–water partition coefficient (Wildman–Crippen LogP) is 6.78. The Labute approximate surface area is 258 Å². The van der Waals surface area contributed by atoms with Gasteiger partial charge in [-0.2, -0.15) is 5.10 Å². The summed E-state index contributed by atoms with van der Waals surface area (Å²) in [6.07, 6.45) is 2.83. The molecule has 0 saturated heterocycles. The Balaban J connectivity index is 1.55. The van der Waals surface area contributed by atoms with Crippen molar-refractivity contribution < 1.29 is 26.9 Å². The summed E-state index contributed by atoms with van der Waals surface area (Å²) < 4.78 is 63.1. The maximum atomic E-state index is 15.3. The maximum Gasteiger partial charge on any atom is 0.357 e. The average Bonchev–Trinajstić information content (AvgIpc) is 3.55. The lowest BCUT2D eigenvalue weighted by Crippen LogP contribution is -2.06. The topological polar surface area (TPSA) is 100 Å². The van der Waals surface area contributed by atoms with Crippen LogP contribution in [0, 0.1) is 23.4 Å². The van der Waals surface area contributed by atoms with Crippen molar-refractivity contribution in [2.24, 2.45) is 11.1 Å². The number of nitrogens with zero attached hydrogens (tertiary/aromatic N) is 3. The van der Waals surface area contributed by atoms with E-state index in [0.717, 1.165) is 24.6 Å². The van der Waals surface area contributed by atoms with Gasteiger partial charge in [0, 0.05) is 28.5 Å². The zero-order valence-corrected chi connectivity index (χ0v) is 25.2. The van der Waals surface area contributed by atoms with Crippen LogP contribution < -0.4 is 5.14 Å². The fourth-order valence-electron chi connectivity index (χ4n) is 5.07. The summed E-state index contributed by atoms with van der Waals surface area (Å²) in [4.78, 5) is 17.1. The van der Waals surface area contributed by atoms with Crippen LogP contribution in [0.1, 0.15) is 47.1 Å². The minimum Gasteiger partial charge on any atom is -0.461 e. The average molecular weight is 637 g/mol. The van der Waals surface area contributed by atoms with Crippen molar-refractivity contribution >= 4 is 28.3 Å². The normalized spacial score (nSPS) is 13.7. The number of esters is 1. The van der Waals surface area contributed by atoms with E-state index in [1.165, 1.54) is 41.7 Å². The van der Waals surface area contributed by atoms with Crippen LogP contribution in [-0.4, -0.2) is 31.5 Å². The Morgan fingerprint density at radius 3 is 2.59 bits per heavy atom. The third kappa shape index (κ3) is 6.23. The van der Waals surface area contributed by atoms with E-state index >= 15 is 8.78 Å². The summed E-state index contributed by atoms with van der Waals surface area (Å²) in [6.45, 7) is 1.89. The second-order valence-electron chi connectivity index (χ2n) is 10.5. The van der Waals surface area contributed by atoms with Gasteiger partial charge in [-0.05, 0) is 85.7 Å². The van der Waals surface area contributed by atoms with Crippen molar-refractivity contribution in [3.05, 3.63) is 106 Å². The summed E-state index contributed by atoms with van der Waals surface area (Å²) in [5.41, 5.74) is 3.48. The van der Waals surface area contributed by atoms with Gasteiger partial charge in [-0.15, -0.1) is 11.3 Å². The SMILES string of the molecule is CCOC(=O)c1csc(-n2nc(CC3CC3)c(Cc3ccc(S(N)=O)cc3F)c2-c2ccc(F)c(-c3cccc(F)c3)c2)n1. The molecule has 44 heavy (non-hydrogen) atoms. The Kier molecular flexibility index (Phi) is 8.48. The first-order valence-electron chi connectivity index (χ1n) is 14.0. The molecule has 2 heterocycles. The lowest BCUT2D eigenvalue weighted by atomic mass is 9.94. The van der Waals surface area contributed by atoms with Gasteiger partial charge in [-0.25, -0.2) is 37.0 Å². The molecule has 3 aromatic carbocycles. The van der Waals surface area contributed by atoms with E-state index < -0.39 is 34.4 Å². The van der Waals surface area contributed by atoms with E-state index in [1.807, 2.05) is 0 Å². The number of halogens is 3. The molecular formula is C32H27F3N4O3S2. The molecular weight excluding hydrogens is 610 g/mol. The molecule has 6 rings (SSSR count). The highest BCUT2D eigenvalue weighted by atomic mass is 32.2. The molecule has 0 bridgehead atoms. The second kappa shape index (κ2) is 12.5. The van der Waals surface area contributed by atoms with Gasteiger partial charge in [0.15, 0.2) is 5.69 Å². The summed E-state index contributed by atoms with van der Waals surface area (Å²) in [7, 11) is -1.84. The van der Waals surface area contributed by atoms with Crippen molar-refractivity contribution in [1.82, 2.24) is 14.8 Å². The van der Waals surface area contributed by atoms with Crippen LogP contribution in [0.25, 0.3) is 27.5 Å². The fraction of sp³-hybridized carbons (Fsp3) is 0.219. The molecule has 1 atom stereocenters. The highest BCUT2D eigenvalue weighted by Gasteiger charge is 2.29. The van der Waals surface area contributed by atoms with Crippen molar-refractivity contribution in [2.45, 2.75) is 37.5 Å². The largest absolute Gasteiger partial charge is 0.461 e. The highest BCUT2D eigenvalue weighted by molar-refractivity contribution is 7.82. The molecule has 1 aliphatic rings. The van der Waals surface area contributed by atoms with Crippen LogP contribution in [0.4, 0.5) is 13.2 Å². The van der Waals surface area contributed by atoms with Crippen LogP contribution in [0.5, 0.6) is 0 Å². The molecule has 0 aliphatic heterocycles. The smallest absolute Gasteiger partial charge is 0.357 e. The summed E-state index contributed by atoms with van der Waals surface area (Å²) in [6, 6.07) is 14.4. The van der Waals surface area contributed by atoms with E-state index in [9.17, 15) is 13.4 Å². The molecule has 0 amide bonds. The third-order valence-corrected chi connectivity index (χ3v) is 8.94. The minimum absolute atomic E-state index is 0.115. The van der Waals surface area contributed by atoms with Gasteiger partial charge in [0.25, 0.3) is 0 Å². The number of aromatic nitrogens is 3. The fourth-order valence-corrected chi connectivity index (χ4v) is 6.24. The Morgan fingerprint density at radius 1 is 1.07 bits per heavy atom. The number of hydrogen-bond acceptors (Lipinski definition) is 6. The quantitative estimate of drug-likeness (QED) is 0.170. The van der Waals surface area contributed by atoms with Gasteiger partial charge in [0.1, 0.15) is 28.4 Å². The van der Waals surface area contributed by atoms with Crippen LogP contribution in [0.2, 0.25) is 0 Å². The number of thiazole rings is 1. The third-order valence-electron chi connectivity index (χ3n) is 7.40. The van der Waals surface area contributed by atoms with Crippen molar-refractivity contribution in [2.75, 3.05) is 6.61 Å². The van der Waals surface area contributed by atoms with Crippen LogP contribution >= 0.6 is 11.3 Å². The zero-order chi connectivity index (χ0) is 31.0. The number of nitrogens with two attached hydrogens (primary N) is 1. The molecule has 1 fully saturated rings. The molecule has 1 saturated carbocycles. The maximum absolute atomic E-state index is 15.3. The number of benzene rings is 3. The molecule has 2 N–H and O–H groups in total. The molecule has 0 radical (unpaired) electrons. The molecule has 12 heteroatoms. The Hall–Kier alpha value is -4.13. The van der Waals surface area contributed by atoms with Gasteiger partial charge in [0.2, 0.25) is 5.13 Å². The number of rotatable bonds is 10. The Morgan fingerprint density at radius 2 is 1.89 bits per heavy atom. The van der Waals surface area contributed by atoms with Crippen LogP contribution in [0.3, 0.4) is 0 Å². The first kappa shape index (κ1) is 29.9. The van der Waals surface area contributed by atoms with E-state index in [-0.39, 0.29) is 29.2 Å². The van der Waals surface area contributed by atoms with Gasteiger partial charge in [-0.3, -0.25) is 0 Å². The van der Waals surface area contributed by atoms with E-state index in [0.29, 0.717) is 45.4 Å². The van der Waals surface area contributed by atoms with Crippen LogP contribution in [0.15, 0.2) is 70.9 Å². The monoisotopic (exact) mass is 636 g/mol. The first-order chi connectivity index (χ1) is 21.2. The van der Waals surface area contributed by atoms with Gasteiger partial charge in [-0.1, -0.05) is 18.2 Å². The van der Waals surface area contributed by atoms with Crippen molar-refractivity contribution in [3.8, 4) is 27.5 Å². The number of hydrogen-bond donors (Lipinski definition) is 1. The van der Waals surface area contributed by atoms with Gasteiger partial charge < -0.3 is 4.74 Å². The molecule has 1 unspecified atom stereocenters. The van der Waals surface area contributed by atoms with Crippen molar-refractivity contribution in [3.63, 3.8) is 0 Å². The Bertz CT molecular complexity index is 1900. The van der Waals surface area contributed by atoms with E-state index in [1.54, 1.807) is 41.3 Å². The van der Waals surface area contributed by atoms with Gasteiger partial charge >= 0.3 is 5.97 Å². The number of ether oxygens (including phenoxy) is 1. The highest BCUT2D eigenvalue weighted by Crippen LogP contribution is 2.39. The number of carbonyl (C=O) groups is 1. The summed E-state index contributed by atoms with van der Waals surface area (Å²) >= 11 is 1.19. The summed E-state index contributed by atoms with van der Waals surface area (Å²) in [5.74, 6) is -1.77. The van der Waals surface area contributed by atoms with Crippen LogP contribution in [-0.2, 0) is 28.6 Å². The zero-order valence-electron chi connectivity index (χ0n) is 23.6. The molecule has 226 valence electrons. The lowest BCUT2D eigenvalue weighted by Gasteiger charge is -2.12.